The number of likely N-dealkylation sites (N-methyl/N-ethyl adjacent to an activating group) is 1. The number of sulfonamides is 1. The van der Waals surface area contributed by atoms with Crippen molar-refractivity contribution in [2.24, 2.45) is 0 Å². The van der Waals surface area contributed by atoms with Gasteiger partial charge in [-0.25, -0.2) is 17.1 Å². The van der Waals surface area contributed by atoms with E-state index in [4.69, 9.17) is 0 Å². The van der Waals surface area contributed by atoms with Crippen molar-refractivity contribution in [1.82, 2.24) is 14.5 Å². The highest BCUT2D eigenvalue weighted by molar-refractivity contribution is 7.90. The minimum absolute atomic E-state index is 0.0486. The lowest BCUT2D eigenvalue weighted by atomic mass is 10.0. The van der Waals surface area contributed by atoms with E-state index in [9.17, 15) is 27.2 Å². The topological polar surface area (TPSA) is 104 Å². The molecular weight excluding hydrogens is 509 g/mol. The summed E-state index contributed by atoms with van der Waals surface area (Å²) in [6.45, 7) is 1.46. The molecule has 10 heteroatoms. The molecule has 4 rings (SSSR count). The maximum absolute atomic E-state index is 14.6. The second-order valence-electron chi connectivity index (χ2n) is 8.84. The average molecular weight is 538 g/mol. The van der Waals surface area contributed by atoms with Gasteiger partial charge in [0.05, 0.1) is 5.56 Å². The van der Waals surface area contributed by atoms with Gasteiger partial charge in [-0.2, -0.15) is 0 Å². The van der Waals surface area contributed by atoms with Crippen LogP contribution >= 0.6 is 0 Å². The summed E-state index contributed by atoms with van der Waals surface area (Å²) < 4.78 is 41.2. The number of carbonyl (C=O) groups is 3. The van der Waals surface area contributed by atoms with Gasteiger partial charge in [0, 0.05) is 38.0 Å². The van der Waals surface area contributed by atoms with Crippen LogP contribution in [0.3, 0.4) is 0 Å². The van der Waals surface area contributed by atoms with E-state index in [1.807, 2.05) is 30.3 Å². The third-order valence-corrected chi connectivity index (χ3v) is 8.20. The maximum atomic E-state index is 14.6. The van der Waals surface area contributed by atoms with Crippen molar-refractivity contribution in [3.63, 3.8) is 0 Å². The van der Waals surface area contributed by atoms with Crippen LogP contribution in [0.15, 0.2) is 83.8 Å². The standard InChI is InChI=1S/C28H28FN3O5S/c1-2-30-27(34)24(18-20-10-4-3-5-11-20)31(19-21-12-6-8-14-23(21)29)26(33)16-17-32-28(35)22-13-7-9-15-25(22)38(32,36)37/h3-15,24H,2,16-19H2,1H3,(H,30,34)/t24-/m1/s1. The van der Waals surface area contributed by atoms with Gasteiger partial charge < -0.3 is 10.2 Å². The molecule has 0 saturated heterocycles. The lowest BCUT2D eigenvalue weighted by Crippen LogP contribution is -2.51. The average Bonchev–Trinajstić information content (AvgIpc) is 3.11. The Morgan fingerprint density at radius 1 is 0.974 bits per heavy atom. The minimum Gasteiger partial charge on any atom is -0.355 e. The van der Waals surface area contributed by atoms with Gasteiger partial charge >= 0.3 is 0 Å². The molecule has 1 atom stereocenters. The molecule has 1 aliphatic rings. The van der Waals surface area contributed by atoms with Gasteiger partial charge in [-0.05, 0) is 30.7 Å². The van der Waals surface area contributed by atoms with Crippen LogP contribution in [0.25, 0.3) is 0 Å². The number of halogens is 1. The molecule has 0 bridgehead atoms. The van der Waals surface area contributed by atoms with Gasteiger partial charge in [-0.15, -0.1) is 0 Å². The van der Waals surface area contributed by atoms with Gasteiger partial charge in [0.15, 0.2) is 0 Å². The molecule has 0 spiro atoms. The predicted octanol–water partition coefficient (Wildman–Crippen LogP) is 3.14. The first-order chi connectivity index (χ1) is 18.2. The maximum Gasteiger partial charge on any atom is 0.269 e. The van der Waals surface area contributed by atoms with Crippen molar-refractivity contribution in [2.45, 2.75) is 37.2 Å². The van der Waals surface area contributed by atoms with Crippen LogP contribution < -0.4 is 5.32 Å². The zero-order chi connectivity index (χ0) is 27.3. The quantitative estimate of drug-likeness (QED) is 0.428. The molecule has 1 heterocycles. The summed E-state index contributed by atoms with van der Waals surface area (Å²) >= 11 is 0. The number of hydrogen-bond acceptors (Lipinski definition) is 5. The highest BCUT2D eigenvalue weighted by atomic mass is 32.2. The Kier molecular flexibility index (Phi) is 8.21. The van der Waals surface area contributed by atoms with Crippen molar-refractivity contribution in [3.8, 4) is 0 Å². The molecule has 0 saturated carbocycles. The third-order valence-electron chi connectivity index (χ3n) is 6.36. The summed E-state index contributed by atoms with van der Waals surface area (Å²) in [5.41, 5.74) is 1.05. The predicted molar refractivity (Wildman–Crippen MR) is 139 cm³/mol. The van der Waals surface area contributed by atoms with Crippen molar-refractivity contribution in [3.05, 3.63) is 101 Å². The summed E-state index contributed by atoms with van der Waals surface area (Å²) in [5, 5.41) is 2.74. The number of carbonyl (C=O) groups excluding carboxylic acids is 3. The Hall–Kier alpha value is -4.05. The lowest BCUT2D eigenvalue weighted by Gasteiger charge is -2.32. The largest absolute Gasteiger partial charge is 0.355 e. The van der Waals surface area contributed by atoms with Gasteiger partial charge in [0.1, 0.15) is 16.8 Å². The molecule has 8 nitrogen and oxygen atoms in total. The molecule has 0 fully saturated rings. The Morgan fingerprint density at radius 2 is 1.63 bits per heavy atom. The van der Waals surface area contributed by atoms with Gasteiger partial charge in [-0.3, -0.25) is 14.4 Å². The van der Waals surface area contributed by atoms with Crippen LogP contribution in [-0.4, -0.2) is 54.5 Å². The molecule has 0 aliphatic carbocycles. The first kappa shape index (κ1) is 27.0. The van der Waals surface area contributed by atoms with Gasteiger partial charge in [-0.1, -0.05) is 60.7 Å². The molecule has 0 unspecified atom stereocenters. The van der Waals surface area contributed by atoms with Crippen molar-refractivity contribution in [1.29, 1.82) is 0 Å². The van der Waals surface area contributed by atoms with Crippen molar-refractivity contribution < 1.29 is 27.2 Å². The van der Waals surface area contributed by atoms with E-state index in [2.05, 4.69) is 5.32 Å². The number of rotatable bonds is 10. The molecule has 3 amide bonds. The number of nitrogens with one attached hydrogen (secondary N) is 1. The van der Waals surface area contributed by atoms with Gasteiger partial charge in [0.2, 0.25) is 11.8 Å². The fourth-order valence-corrected chi connectivity index (χ4v) is 6.02. The molecule has 198 valence electrons. The second kappa shape index (κ2) is 11.6. The van der Waals surface area contributed by atoms with Gasteiger partial charge in [0.25, 0.3) is 15.9 Å². The van der Waals surface area contributed by atoms with Crippen molar-refractivity contribution in [2.75, 3.05) is 13.1 Å². The summed E-state index contributed by atoms with van der Waals surface area (Å²) in [6.07, 6.45) is -0.211. The number of fused-ring (bicyclic) bond motifs is 1. The van der Waals surface area contributed by atoms with E-state index in [1.54, 1.807) is 19.1 Å². The Bertz CT molecular complexity index is 1450. The Labute approximate surface area is 221 Å². The second-order valence-corrected chi connectivity index (χ2v) is 10.7. The highest BCUT2D eigenvalue weighted by Gasteiger charge is 2.41. The third kappa shape index (κ3) is 5.60. The van der Waals surface area contributed by atoms with Crippen LogP contribution in [0.5, 0.6) is 0 Å². The Balaban J connectivity index is 1.63. The molecule has 1 aliphatic heterocycles. The summed E-state index contributed by atoms with van der Waals surface area (Å²) in [4.78, 5) is 40.8. The minimum atomic E-state index is -4.10. The fourth-order valence-electron chi connectivity index (χ4n) is 4.45. The van der Waals surface area contributed by atoms with Crippen molar-refractivity contribution >= 4 is 27.7 Å². The van der Waals surface area contributed by atoms with E-state index < -0.39 is 46.1 Å². The monoisotopic (exact) mass is 537 g/mol. The highest BCUT2D eigenvalue weighted by Crippen LogP contribution is 2.30. The zero-order valence-electron chi connectivity index (χ0n) is 20.8. The van der Waals surface area contributed by atoms with Crippen LogP contribution in [0.2, 0.25) is 0 Å². The fraction of sp³-hybridized carbons (Fsp3) is 0.250. The van der Waals surface area contributed by atoms with Crippen LogP contribution in [0, 0.1) is 5.82 Å². The van der Waals surface area contributed by atoms with E-state index in [0.717, 1.165) is 5.56 Å². The number of nitrogens with zero attached hydrogens (tertiary/aromatic N) is 2. The number of benzene rings is 3. The molecule has 38 heavy (non-hydrogen) atoms. The lowest BCUT2D eigenvalue weighted by molar-refractivity contribution is -0.141. The van der Waals surface area contributed by atoms with E-state index >= 15 is 0 Å². The summed E-state index contributed by atoms with van der Waals surface area (Å²) in [7, 11) is -4.10. The molecule has 1 N–H and O–H groups in total. The molecule has 0 radical (unpaired) electrons. The summed E-state index contributed by atoms with van der Waals surface area (Å²) in [5.74, 6) is -2.25. The molecule has 3 aromatic carbocycles. The first-order valence-electron chi connectivity index (χ1n) is 12.2. The summed E-state index contributed by atoms with van der Waals surface area (Å²) in [6, 6.07) is 19.9. The van der Waals surface area contributed by atoms with E-state index in [1.165, 1.54) is 41.3 Å². The smallest absolute Gasteiger partial charge is 0.269 e. The zero-order valence-corrected chi connectivity index (χ0v) is 21.7. The number of hydrogen-bond donors (Lipinski definition) is 1. The van der Waals surface area contributed by atoms with Crippen LogP contribution in [-0.2, 0) is 32.6 Å². The van der Waals surface area contributed by atoms with E-state index in [-0.39, 0.29) is 35.4 Å². The van der Waals surface area contributed by atoms with Crippen LogP contribution in [0.4, 0.5) is 4.39 Å². The molecule has 3 aromatic rings. The normalized spacial score (nSPS) is 14.6. The molecular formula is C28H28FN3O5S. The van der Waals surface area contributed by atoms with E-state index in [0.29, 0.717) is 10.8 Å². The molecule has 0 aromatic heterocycles. The first-order valence-corrected chi connectivity index (χ1v) is 13.7. The SMILES string of the molecule is CCNC(=O)[C@@H](Cc1ccccc1)N(Cc1ccccc1F)C(=O)CCN1C(=O)c2ccccc2S1(=O)=O. The van der Waals surface area contributed by atoms with Crippen LogP contribution in [0.1, 0.15) is 34.8 Å². The number of amides is 3. The Morgan fingerprint density at radius 3 is 2.32 bits per heavy atom.